The molecule has 57 heavy (non-hydrogen) atoms. The number of pyridine rings is 2. The summed E-state index contributed by atoms with van der Waals surface area (Å²) in [6, 6.07) is 17.1. The third-order valence-electron chi connectivity index (χ3n) is 7.80. The lowest BCUT2D eigenvalue weighted by molar-refractivity contribution is -0.275. The zero-order valence-corrected chi connectivity index (χ0v) is 29.4. The summed E-state index contributed by atoms with van der Waals surface area (Å²) >= 11 is 0. The number of hydrogen-bond acceptors (Lipinski definition) is 13. The number of benzene rings is 2. The summed E-state index contributed by atoms with van der Waals surface area (Å²) in [6.45, 7) is 0.0631. The number of rotatable bonds is 7. The van der Waals surface area contributed by atoms with Crippen molar-refractivity contribution in [1.29, 1.82) is 0 Å². The zero-order chi connectivity index (χ0) is 40.9. The smallest absolute Gasteiger partial charge is 0.424 e. The number of aliphatic hydroxyl groups is 1. The fourth-order valence-electron chi connectivity index (χ4n) is 5.11. The Morgan fingerprint density at radius 1 is 0.719 bits per heavy atom. The molecular weight excluding hydrogens is 772 g/mol. The van der Waals surface area contributed by atoms with Gasteiger partial charge in [-0.1, -0.05) is 0 Å². The van der Waals surface area contributed by atoms with Gasteiger partial charge in [-0.15, -0.1) is 46.7 Å². The standard InChI is InChI=1S/C17H12F3N5O3.C14H8F3NO3.C4H7N3O/c1-24-9-21-23-14(24)8-25-15-13(27-16(25)26)7-6-12(22-15)10-2-4-11(5-3-10)28-17(18,19)20;15-14(16,17)21-9-3-1-8(2-4-9)10-5-6-12-11(18-10)7-13(19)20-12;1-7-3-5-6-4(7)2-8/h2-7,9H,8H2,1H3;1-6H,7H2;3,8H,2H2,1H3. The molecule has 0 atom stereocenters. The third-order valence-corrected chi connectivity index (χ3v) is 7.80. The predicted molar refractivity (Wildman–Crippen MR) is 183 cm³/mol. The molecule has 0 bridgehead atoms. The molecule has 22 heteroatoms. The lowest BCUT2D eigenvalue weighted by atomic mass is 10.1. The molecule has 0 amide bonds. The Morgan fingerprint density at radius 3 is 1.74 bits per heavy atom. The number of aromatic nitrogens is 9. The second-order valence-electron chi connectivity index (χ2n) is 11.8. The first-order valence-electron chi connectivity index (χ1n) is 16.2. The zero-order valence-electron chi connectivity index (χ0n) is 29.4. The van der Waals surface area contributed by atoms with Crippen LogP contribution >= 0.6 is 0 Å². The van der Waals surface area contributed by atoms with Crippen molar-refractivity contribution in [3.63, 3.8) is 0 Å². The molecule has 0 spiro atoms. The number of oxazole rings is 1. The van der Waals surface area contributed by atoms with Gasteiger partial charge >= 0.3 is 24.5 Å². The second kappa shape index (κ2) is 16.3. The number of ether oxygens (including phenoxy) is 3. The van der Waals surface area contributed by atoms with Crippen molar-refractivity contribution in [3.05, 3.63) is 113 Å². The number of hydrogen-bond donors (Lipinski definition) is 1. The van der Waals surface area contributed by atoms with Gasteiger partial charge in [0.1, 0.15) is 30.8 Å². The van der Waals surface area contributed by atoms with Crippen LogP contribution in [0, 0.1) is 0 Å². The molecule has 2 aromatic carbocycles. The quantitative estimate of drug-likeness (QED) is 0.165. The average Bonchev–Trinajstić information content (AvgIpc) is 3.94. The van der Waals surface area contributed by atoms with Crippen molar-refractivity contribution in [2.24, 2.45) is 14.1 Å². The highest BCUT2D eigenvalue weighted by molar-refractivity contribution is 5.80. The number of aryl methyl sites for hydroxylation is 2. The van der Waals surface area contributed by atoms with E-state index in [1.54, 1.807) is 53.8 Å². The van der Waals surface area contributed by atoms with Crippen LogP contribution in [0.25, 0.3) is 33.7 Å². The van der Waals surface area contributed by atoms with E-state index in [-0.39, 0.29) is 42.6 Å². The van der Waals surface area contributed by atoms with Gasteiger partial charge in [0.25, 0.3) is 0 Å². The number of carbonyl (C=O) groups excluding carboxylic acids is 1. The van der Waals surface area contributed by atoms with Gasteiger partial charge in [-0.3, -0.25) is 9.36 Å². The molecule has 1 aliphatic rings. The second-order valence-corrected chi connectivity index (χ2v) is 11.8. The summed E-state index contributed by atoms with van der Waals surface area (Å²) in [5.41, 5.74) is 3.27. The molecular formula is C35H27F6N9O7. The molecule has 0 radical (unpaired) electrons. The minimum atomic E-state index is -4.76. The van der Waals surface area contributed by atoms with Crippen LogP contribution in [0.3, 0.4) is 0 Å². The van der Waals surface area contributed by atoms with E-state index in [4.69, 9.17) is 14.3 Å². The molecule has 0 saturated carbocycles. The molecule has 8 rings (SSSR count). The molecule has 16 nitrogen and oxygen atoms in total. The molecule has 0 saturated heterocycles. The van der Waals surface area contributed by atoms with Crippen molar-refractivity contribution in [2.45, 2.75) is 32.3 Å². The predicted octanol–water partition coefficient (Wildman–Crippen LogP) is 5.15. The summed E-state index contributed by atoms with van der Waals surface area (Å²) in [4.78, 5) is 32.0. The van der Waals surface area contributed by atoms with Gasteiger partial charge in [-0.25, -0.2) is 14.8 Å². The fourth-order valence-corrected chi connectivity index (χ4v) is 5.11. The van der Waals surface area contributed by atoms with Crippen LogP contribution in [-0.4, -0.2) is 67.9 Å². The minimum absolute atomic E-state index is 0.0451. The van der Waals surface area contributed by atoms with Crippen molar-refractivity contribution in [2.75, 3.05) is 0 Å². The number of aliphatic hydroxyl groups excluding tert-OH is 1. The SMILES string of the molecule is Cn1cnnc1CO.Cn1cnnc1Cn1c(=O)oc2ccc(-c3ccc(OC(F)(F)F)cc3)nc21.O=C1Cc2nc(-c3ccc(OC(F)(F)F)cc3)ccc2O1. The summed E-state index contributed by atoms with van der Waals surface area (Å²) in [5.74, 6) is -0.0673. The Bertz CT molecular complexity index is 2550. The molecule has 7 aromatic rings. The van der Waals surface area contributed by atoms with Gasteiger partial charge < -0.3 is 32.9 Å². The maximum atomic E-state index is 12.3. The van der Waals surface area contributed by atoms with Crippen LogP contribution in [0.1, 0.15) is 17.3 Å². The normalized spacial score (nSPS) is 12.3. The van der Waals surface area contributed by atoms with Crippen LogP contribution in [0.15, 0.2) is 94.7 Å². The van der Waals surface area contributed by atoms with E-state index in [1.165, 1.54) is 59.4 Å². The molecule has 5 aromatic heterocycles. The van der Waals surface area contributed by atoms with Crippen LogP contribution in [0.4, 0.5) is 26.3 Å². The van der Waals surface area contributed by atoms with Crippen molar-refractivity contribution in [1.82, 2.24) is 44.1 Å². The first-order valence-corrected chi connectivity index (χ1v) is 16.2. The number of alkyl halides is 6. The number of carbonyl (C=O) groups is 1. The van der Waals surface area contributed by atoms with Crippen LogP contribution in [0.5, 0.6) is 17.2 Å². The lowest BCUT2D eigenvalue weighted by Crippen LogP contribution is -2.17. The van der Waals surface area contributed by atoms with Gasteiger partial charge in [0.2, 0.25) is 0 Å². The van der Waals surface area contributed by atoms with E-state index in [0.717, 1.165) is 0 Å². The lowest BCUT2D eigenvalue weighted by Gasteiger charge is -2.09. The maximum absolute atomic E-state index is 12.3. The van der Waals surface area contributed by atoms with E-state index in [1.807, 2.05) is 0 Å². The monoisotopic (exact) mass is 799 g/mol. The Balaban J connectivity index is 0.000000166. The van der Waals surface area contributed by atoms with E-state index in [0.29, 0.717) is 51.3 Å². The number of halogens is 6. The largest absolute Gasteiger partial charge is 0.573 e. The molecule has 1 aliphatic heterocycles. The summed E-state index contributed by atoms with van der Waals surface area (Å²) in [7, 11) is 3.53. The average molecular weight is 800 g/mol. The first-order chi connectivity index (χ1) is 27.0. The van der Waals surface area contributed by atoms with E-state index in [9.17, 15) is 35.9 Å². The fraction of sp³-hybridized carbons (Fsp3) is 0.200. The Morgan fingerprint density at radius 2 is 1.25 bits per heavy atom. The Labute approximate surface area is 315 Å². The van der Waals surface area contributed by atoms with Gasteiger partial charge in [-0.05, 0) is 72.8 Å². The van der Waals surface area contributed by atoms with Crippen LogP contribution in [0.2, 0.25) is 0 Å². The van der Waals surface area contributed by atoms with E-state index in [2.05, 4.69) is 39.8 Å². The maximum Gasteiger partial charge on any atom is 0.573 e. The molecule has 0 unspecified atom stereocenters. The Kier molecular flexibility index (Phi) is 11.3. The number of esters is 1. The summed E-state index contributed by atoms with van der Waals surface area (Å²) in [5, 5.41) is 23.3. The highest BCUT2D eigenvalue weighted by Crippen LogP contribution is 2.30. The molecule has 0 fully saturated rings. The molecule has 296 valence electrons. The van der Waals surface area contributed by atoms with Crippen LogP contribution in [-0.2, 0) is 38.5 Å². The minimum Gasteiger partial charge on any atom is -0.424 e. The van der Waals surface area contributed by atoms with E-state index >= 15 is 0 Å². The summed E-state index contributed by atoms with van der Waals surface area (Å²) in [6.07, 6.45) is -6.33. The number of fused-ring (bicyclic) bond motifs is 2. The number of nitrogens with zero attached hydrogens (tertiary/aromatic N) is 9. The highest BCUT2D eigenvalue weighted by Gasteiger charge is 2.32. The first kappa shape index (κ1) is 39.6. The molecule has 1 N–H and O–H groups in total. The van der Waals surface area contributed by atoms with Crippen LogP contribution < -0.4 is 20.0 Å². The van der Waals surface area contributed by atoms with Crippen molar-refractivity contribution >= 4 is 17.2 Å². The molecule has 0 aliphatic carbocycles. The van der Waals surface area contributed by atoms with Gasteiger partial charge in [0.15, 0.2) is 28.6 Å². The highest BCUT2D eigenvalue weighted by atomic mass is 19.4. The van der Waals surface area contributed by atoms with Crippen molar-refractivity contribution in [3.8, 4) is 39.8 Å². The van der Waals surface area contributed by atoms with Gasteiger partial charge in [0.05, 0.1) is 30.0 Å². The topological polar surface area (TPSA) is 187 Å². The van der Waals surface area contributed by atoms with Gasteiger partial charge in [-0.2, -0.15) is 0 Å². The Hall–Kier alpha value is -7.10. The van der Waals surface area contributed by atoms with Crippen molar-refractivity contribution < 1.29 is 54.9 Å². The van der Waals surface area contributed by atoms with E-state index < -0.39 is 18.5 Å². The summed E-state index contributed by atoms with van der Waals surface area (Å²) < 4.78 is 95.5. The molecule has 6 heterocycles. The van der Waals surface area contributed by atoms with Gasteiger partial charge in [0, 0.05) is 25.2 Å². The third kappa shape index (κ3) is 10.2.